The van der Waals surface area contributed by atoms with Gasteiger partial charge in [-0.05, 0) is 71.8 Å². The fourth-order valence-corrected chi connectivity index (χ4v) is 4.89. The molecule has 0 aromatic heterocycles. The van der Waals surface area contributed by atoms with E-state index in [1.807, 2.05) is 0 Å². The molecule has 1 unspecified atom stereocenters. The fraction of sp³-hybridized carbons (Fsp3) is 0.152. The molecule has 3 amide bonds. The van der Waals surface area contributed by atoms with E-state index in [4.69, 9.17) is 9.47 Å². The normalized spacial score (nSPS) is 12.9. The third-order valence-electron chi connectivity index (χ3n) is 7.11. The van der Waals surface area contributed by atoms with Crippen molar-refractivity contribution in [1.82, 2.24) is 4.90 Å². The van der Waals surface area contributed by atoms with Gasteiger partial charge < -0.3 is 19.7 Å². The molecule has 5 rings (SSSR count). The molecule has 1 atom stereocenters. The maximum absolute atomic E-state index is 14.1. The fourth-order valence-electron chi connectivity index (χ4n) is 4.89. The van der Waals surface area contributed by atoms with Crippen LogP contribution < -0.4 is 19.7 Å². The van der Waals surface area contributed by atoms with E-state index in [9.17, 15) is 23.6 Å². The van der Waals surface area contributed by atoms with E-state index in [1.54, 1.807) is 66.7 Å². The van der Waals surface area contributed by atoms with Gasteiger partial charge >= 0.3 is 0 Å². The highest BCUT2D eigenvalue weighted by Gasteiger charge is 2.39. The van der Waals surface area contributed by atoms with Crippen LogP contribution in [0, 0.1) is 5.82 Å². The van der Waals surface area contributed by atoms with E-state index in [0.717, 1.165) is 4.90 Å². The molecule has 1 aliphatic rings. The lowest BCUT2D eigenvalue weighted by molar-refractivity contribution is -0.139. The van der Waals surface area contributed by atoms with Gasteiger partial charge in [0, 0.05) is 12.2 Å². The first-order chi connectivity index (χ1) is 20.8. The lowest BCUT2D eigenvalue weighted by Gasteiger charge is -2.33. The minimum Gasteiger partial charge on any atom is -0.497 e. The Morgan fingerprint density at radius 3 is 2.07 bits per heavy atom. The predicted molar refractivity (Wildman–Crippen MR) is 157 cm³/mol. The largest absolute Gasteiger partial charge is 0.497 e. The summed E-state index contributed by atoms with van der Waals surface area (Å²) < 4.78 is 24.4. The van der Waals surface area contributed by atoms with Crippen molar-refractivity contribution < 1.29 is 33.0 Å². The van der Waals surface area contributed by atoms with Gasteiger partial charge in [-0.15, -0.1) is 0 Å². The number of fused-ring (bicyclic) bond motifs is 1. The topological polar surface area (TPSA) is 105 Å². The number of Topliss-reactive ketones (excluding diaryl/α,β-unsaturated/α-hetero) is 1. The maximum Gasteiger partial charge on any atom is 0.299 e. The number of amides is 3. The van der Waals surface area contributed by atoms with Gasteiger partial charge in [0.1, 0.15) is 29.9 Å². The van der Waals surface area contributed by atoms with E-state index >= 15 is 0 Å². The highest BCUT2D eigenvalue weighted by molar-refractivity contribution is 6.52. The van der Waals surface area contributed by atoms with Gasteiger partial charge in [0.05, 0.1) is 25.5 Å². The van der Waals surface area contributed by atoms with E-state index in [1.165, 1.54) is 49.5 Å². The van der Waals surface area contributed by atoms with Gasteiger partial charge in [-0.3, -0.25) is 24.1 Å². The van der Waals surface area contributed by atoms with Gasteiger partial charge in [0.2, 0.25) is 5.91 Å². The monoisotopic (exact) mass is 581 g/mol. The van der Waals surface area contributed by atoms with Gasteiger partial charge in [0.15, 0.2) is 0 Å². The zero-order chi connectivity index (χ0) is 30.5. The second-order valence-electron chi connectivity index (χ2n) is 9.78. The second-order valence-corrected chi connectivity index (χ2v) is 9.78. The molecule has 0 bridgehead atoms. The molecule has 0 saturated carbocycles. The Bertz CT molecular complexity index is 1660. The number of hydrogen-bond acceptors (Lipinski definition) is 6. The Balaban J connectivity index is 1.54. The molecule has 0 fully saturated rings. The number of carbonyl (C=O) groups excluding carboxylic acids is 4. The number of para-hydroxylation sites is 1. The quantitative estimate of drug-likeness (QED) is 0.270. The van der Waals surface area contributed by atoms with Crippen molar-refractivity contribution in [2.24, 2.45) is 0 Å². The lowest BCUT2D eigenvalue weighted by Crippen LogP contribution is -2.46. The molecule has 0 spiro atoms. The van der Waals surface area contributed by atoms with Gasteiger partial charge in [-0.2, -0.15) is 0 Å². The van der Waals surface area contributed by atoms with E-state index in [-0.39, 0.29) is 12.1 Å². The average molecular weight is 582 g/mol. The van der Waals surface area contributed by atoms with Crippen LogP contribution in [0.25, 0.3) is 0 Å². The van der Waals surface area contributed by atoms with Crippen LogP contribution in [0.15, 0.2) is 97.1 Å². The van der Waals surface area contributed by atoms with Gasteiger partial charge in [-0.25, -0.2) is 4.39 Å². The summed E-state index contributed by atoms with van der Waals surface area (Å²) in [4.78, 5) is 56.1. The summed E-state index contributed by atoms with van der Waals surface area (Å²) in [5.74, 6) is -2.03. The van der Waals surface area contributed by atoms with Crippen molar-refractivity contribution in [3.8, 4) is 11.5 Å². The van der Waals surface area contributed by atoms with Crippen LogP contribution in [0.3, 0.4) is 0 Å². The maximum atomic E-state index is 14.1. The van der Waals surface area contributed by atoms with Crippen LogP contribution in [0.1, 0.15) is 27.5 Å². The average Bonchev–Trinajstić information content (AvgIpc) is 3.27. The Hall–Kier alpha value is -5.51. The van der Waals surface area contributed by atoms with Crippen molar-refractivity contribution in [3.63, 3.8) is 0 Å². The van der Waals surface area contributed by atoms with E-state index in [2.05, 4.69) is 5.32 Å². The molecule has 1 heterocycles. The highest BCUT2D eigenvalue weighted by Crippen LogP contribution is 2.31. The Morgan fingerprint density at radius 1 is 0.837 bits per heavy atom. The number of hydrogen-bond donors (Lipinski definition) is 1. The zero-order valence-corrected chi connectivity index (χ0v) is 23.5. The molecule has 1 N–H and O–H groups in total. The summed E-state index contributed by atoms with van der Waals surface area (Å²) >= 11 is 0. The summed E-state index contributed by atoms with van der Waals surface area (Å²) in [6.45, 7) is -0.538. The number of ketones is 1. The standard InChI is InChI=1S/C33H28FN3O6/c1-42-25-15-7-21(8-16-25)19-37(29(38)20-36-28-6-4-3-5-27(28)31(39)33(36)41)30(22-9-11-23(34)12-10-22)32(40)35-24-13-17-26(43-2)18-14-24/h3-18,30H,19-20H2,1-2H3,(H,35,40). The molecule has 0 radical (unpaired) electrons. The van der Waals surface area contributed by atoms with Crippen molar-refractivity contribution in [2.75, 3.05) is 31.0 Å². The second kappa shape index (κ2) is 12.6. The van der Waals surface area contributed by atoms with Crippen LogP contribution in [0.5, 0.6) is 11.5 Å². The number of ether oxygens (including phenoxy) is 2. The van der Waals surface area contributed by atoms with E-state index < -0.39 is 41.9 Å². The molecule has 0 aliphatic carbocycles. The first-order valence-corrected chi connectivity index (χ1v) is 13.4. The molecule has 1 aliphatic heterocycles. The summed E-state index contributed by atoms with van der Waals surface area (Å²) in [5.41, 5.74) is 1.98. The molecule has 10 heteroatoms. The van der Waals surface area contributed by atoms with Crippen LogP contribution in [0.4, 0.5) is 15.8 Å². The van der Waals surface area contributed by atoms with E-state index in [0.29, 0.717) is 34.0 Å². The number of benzene rings is 4. The van der Waals surface area contributed by atoms with Crippen LogP contribution in [-0.2, 0) is 20.9 Å². The number of nitrogens with zero attached hydrogens (tertiary/aromatic N) is 2. The smallest absolute Gasteiger partial charge is 0.299 e. The third kappa shape index (κ3) is 6.23. The predicted octanol–water partition coefficient (Wildman–Crippen LogP) is 4.78. The molecule has 0 saturated heterocycles. The number of carbonyl (C=O) groups is 4. The number of methoxy groups -OCH3 is 2. The van der Waals surface area contributed by atoms with Crippen molar-refractivity contribution in [3.05, 3.63) is 120 Å². The Labute approximate surface area is 247 Å². The van der Waals surface area contributed by atoms with Gasteiger partial charge in [-0.1, -0.05) is 36.4 Å². The Morgan fingerprint density at radius 2 is 1.44 bits per heavy atom. The summed E-state index contributed by atoms with van der Waals surface area (Å²) in [6, 6.07) is 24.1. The molecular formula is C33H28FN3O6. The van der Waals surface area contributed by atoms with Crippen LogP contribution in [0.2, 0.25) is 0 Å². The number of anilines is 2. The van der Waals surface area contributed by atoms with Crippen molar-refractivity contribution >= 4 is 34.9 Å². The number of rotatable bonds is 10. The molecule has 4 aromatic carbocycles. The molecule has 43 heavy (non-hydrogen) atoms. The first kappa shape index (κ1) is 29.0. The van der Waals surface area contributed by atoms with Crippen molar-refractivity contribution in [2.45, 2.75) is 12.6 Å². The lowest BCUT2D eigenvalue weighted by atomic mass is 10.0. The minimum absolute atomic E-state index is 0.0431. The molecule has 218 valence electrons. The zero-order valence-electron chi connectivity index (χ0n) is 23.5. The summed E-state index contributed by atoms with van der Waals surface area (Å²) in [6.07, 6.45) is 0. The molecule has 9 nitrogen and oxygen atoms in total. The summed E-state index contributed by atoms with van der Waals surface area (Å²) in [5, 5.41) is 2.83. The highest BCUT2D eigenvalue weighted by atomic mass is 19.1. The SMILES string of the molecule is COc1ccc(CN(C(=O)CN2C(=O)C(=O)c3ccccc32)C(C(=O)Nc2ccc(OC)cc2)c2ccc(F)cc2)cc1. The molecule has 4 aromatic rings. The Kier molecular flexibility index (Phi) is 8.47. The third-order valence-corrected chi connectivity index (χ3v) is 7.11. The minimum atomic E-state index is -1.24. The van der Waals surface area contributed by atoms with Crippen LogP contribution in [-0.4, -0.2) is 49.2 Å². The van der Waals surface area contributed by atoms with Gasteiger partial charge in [0.25, 0.3) is 17.6 Å². The molecular weight excluding hydrogens is 553 g/mol. The number of nitrogens with one attached hydrogen (secondary N) is 1. The first-order valence-electron chi connectivity index (χ1n) is 13.4. The summed E-state index contributed by atoms with van der Waals surface area (Å²) in [7, 11) is 3.06. The van der Waals surface area contributed by atoms with Crippen molar-refractivity contribution in [1.29, 1.82) is 0 Å². The van der Waals surface area contributed by atoms with Crippen LogP contribution >= 0.6 is 0 Å². The number of halogens is 1.